The molecule has 9 nitrogen and oxygen atoms in total. The highest BCUT2D eigenvalue weighted by atomic mass is 19.1. The van der Waals surface area contributed by atoms with E-state index in [0.29, 0.717) is 25.2 Å². The van der Waals surface area contributed by atoms with Gasteiger partial charge >= 0.3 is 0 Å². The van der Waals surface area contributed by atoms with Gasteiger partial charge in [0.1, 0.15) is 11.6 Å². The number of hydrogen-bond acceptors (Lipinski definition) is 7. The average molecular weight is 524 g/mol. The van der Waals surface area contributed by atoms with Gasteiger partial charge in [-0.2, -0.15) is 14.6 Å². The Balaban J connectivity index is 0.000000204. The molecule has 4 aromatic rings. The predicted octanol–water partition coefficient (Wildman–Crippen LogP) is 4.37. The Morgan fingerprint density at radius 3 is 2.50 bits per heavy atom. The molecule has 1 aliphatic carbocycles. The van der Waals surface area contributed by atoms with Crippen LogP contribution in [0.15, 0.2) is 30.6 Å². The molecule has 0 bridgehead atoms. The van der Waals surface area contributed by atoms with Crippen LogP contribution in [-0.4, -0.2) is 64.0 Å². The molecule has 6 rings (SSSR count). The number of aromatic nitrogens is 5. The second-order valence-corrected chi connectivity index (χ2v) is 9.95. The number of aldehydes is 1. The number of morpholine rings is 1. The standard InChI is InChI=1S/C19H22FN5O.C8H9FN2O/c1-12-8-16(20)17(21-3)10-15(12)14-9-18(24-4-6-26-7-5-24)19-22-13(2)23-25(19)11-14;1-8(2-3-8)11-7(9)6(5-12)4-10-11/h8-11,21H,4-7H2,1-3H3;4-5H,2-3H2,1H3. The van der Waals surface area contributed by atoms with Crippen LogP contribution in [0.25, 0.3) is 16.8 Å². The highest BCUT2D eigenvalue weighted by Crippen LogP contribution is 2.43. The van der Waals surface area contributed by atoms with Gasteiger partial charge in [0.15, 0.2) is 11.9 Å². The second kappa shape index (κ2) is 10.1. The Hall–Kier alpha value is -3.86. The van der Waals surface area contributed by atoms with Crippen LogP contribution in [0.3, 0.4) is 0 Å². The van der Waals surface area contributed by atoms with Gasteiger partial charge in [-0.25, -0.2) is 18.6 Å². The van der Waals surface area contributed by atoms with Crippen molar-refractivity contribution in [1.29, 1.82) is 0 Å². The van der Waals surface area contributed by atoms with E-state index in [9.17, 15) is 13.6 Å². The maximum absolute atomic E-state index is 14.1. The third kappa shape index (κ3) is 4.85. The first kappa shape index (κ1) is 25.8. The Morgan fingerprint density at radius 2 is 1.87 bits per heavy atom. The zero-order chi connectivity index (χ0) is 27.0. The summed E-state index contributed by atoms with van der Waals surface area (Å²) in [6, 6.07) is 5.53. The summed E-state index contributed by atoms with van der Waals surface area (Å²) < 4.78 is 35.9. The first-order valence-electron chi connectivity index (χ1n) is 12.6. The van der Waals surface area contributed by atoms with Crippen LogP contribution in [0.4, 0.5) is 20.2 Å². The Kier molecular flexibility index (Phi) is 6.87. The van der Waals surface area contributed by atoms with E-state index in [2.05, 4.69) is 31.5 Å². The van der Waals surface area contributed by atoms with Gasteiger partial charge in [-0.05, 0) is 62.9 Å². The molecule has 4 heterocycles. The second-order valence-electron chi connectivity index (χ2n) is 9.95. The van der Waals surface area contributed by atoms with Crippen molar-refractivity contribution in [2.24, 2.45) is 0 Å². The molecule has 1 saturated carbocycles. The number of rotatable bonds is 5. The van der Waals surface area contributed by atoms with Crippen molar-refractivity contribution in [2.75, 3.05) is 43.6 Å². The highest BCUT2D eigenvalue weighted by Gasteiger charge is 2.42. The molecular weight excluding hydrogens is 492 g/mol. The van der Waals surface area contributed by atoms with Crippen LogP contribution in [0.5, 0.6) is 0 Å². The van der Waals surface area contributed by atoms with Crippen LogP contribution in [-0.2, 0) is 10.3 Å². The molecule has 1 N–H and O–H groups in total. The number of nitrogens with one attached hydrogen (secondary N) is 1. The average Bonchev–Trinajstić information content (AvgIpc) is 3.35. The summed E-state index contributed by atoms with van der Waals surface area (Å²) in [7, 11) is 1.72. The van der Waals surface area contributed by atoms with Gasteiger partial charge in [-0.15, -0.1) is 0 Å². The molecule has 2 fully saturated rings. The van der Waals surface area contributed by atoms with Gasteiger partial charge in [-0.1, -0.05) is 0 Å². The van der Waals surface area contributed by atoms with Gasteiger partial charge in [-0.3, -0.25) is 4.79 Å². The molecule has 1 aromatic carbocycles. The van der Waals surface area contributed by atoms with E-state index in [1.54, 1.807) is 13.1 Å². The predicted molar refractivity (Wildman–Crippen MR) is 141 cm³/mol. The molecule has 0 atom stereocenters. The fourth-order valence-electron chi connectivity index (χ4n) is 4.63. The van der Waals surface area contributed by atoms with Gasteiger partial charge in [0, 0.05) is 31.9 Å². The Morgan fingerprint density at radius 1 is 1.13 bits per heavy atom. The van der Waals surface area contributed by atoms with Crippen LogP contribution >= 0.6 is 0 Å². The number of aryl methyl sites for hydroxylation is 2. The van der Waals surface area contributed by atoms with E-state index in [1.165, 1.54) is 10.9 Å². The molecule has 0 amide bonds. The monoisotopic (exact) mass is 523 g/mol. The van der Waals surface area contributed by atoms with Crippen molar-refractivity contribution in [2.45, 2.75) is 39.2 Å². The van der Waals surface area contributed by atoms with Crippen molar-refractivity contribution < 1.29 is 18.3 Å². The lowest BCUT2D eigenvalue weighted by molar-refractivity contribution is 0.111. The molecule has 0 spiro atoms. The summed E-state index contributed by atoms with van der Waals surface area (Å²) >= 11 is 0. The summed E-state index contributed by atoms with van der Waals surface area (Å²) in [6.07, 6.45) is 5.59. The van der Waals surface area contributed by atoms with Crippen molar-refractivity contribution in [1.82, 2.24) is 24.4 Å². The zero-order valence-electron chi connectivity index (χ0n) is 22.0. The number of carbonyl (C=O) groups is 1. The summed E-state index contributed by atoms with van der Waals surface area (Å²) in [4.78, 5) is 17.2. The molecule has 2 aliphatic rings. The van der Waals surface area contributed by atoms with Gasteiger partial charge in [0.05, 0.1) is 41.9 Å². The van der Waals surface area contributed by atoms with Crippen LogP contribution in [0.1, 0.15) is 41.5 Å². The Labute approximate surface area is 219 Å². The molecular formula is C27H31F2N7O2. The molecule has 0 radical (unpaired) electrons. The minimum absolute atomic E-state index is 0.0446. The first-order chi connectivity index (χ1) is 18.2. The Bertz CT molecular complexity index is 1490. The summed E-state index contributed by atoms with van der Waals surface area (Å²) in [5.74, 6) is -0.0340. The lowest BCUT2D eigenvalue weighted by Crippen LogP contribution is -2.36. The highest BCUT2D eigenvalue weighted by molar-refractivity contribution is 5.79. The summed E-state index contributed by atoms with van der Waals surface area (Å²) in [6.45, 7) is 8.76. The zero-order valence-corrected chi connectivity index (χ0v) is 22.0. The lowest BCUT2D eigenvalue weighted by atomic mass is 10.0. The van der Waals surface area contributed by atoms with Crippen LogP contribution in [0, 0.1) is 25.6 Å². The van der Waals surface area contributed by atoms with Crippen LogP contribution in [0.2, 0.25) is 0 Å². The number of anilines is 2. The van der Waals surface area contributed by atoms with Gasteiger partial charge in [0.2, 0.25) is 5.95 Å². The van der Waals surface area contributed by atoms with Crippen molar-refractivity contribution >= 4 is 23.3 Å². The quantitative estimate of drug-likeness (QED) is 0.389. The maximum atomic E-state index is 14.1. The number of ether oxygens (including phenoxy) is 1. The largest absolute Gasteiger partial charge is 0.386 e. The SMILES string of the molecule is CC1(n2ncc(C=O)c2F)CC1.CNc1cc(-c2cc(N3CCOCC3)c3nc(C)nn3c2)c(C)cc1F. The molecule has 3 aromatic heterocycles. The normalized spacial score (nSPS) is 16.2. The molecule has 38 heavy (non-hydrogen) atoms. The minimum atomic E-state index is -0.509. The number of nitrogens with zero attached hydrogens (tertiary/aromatic N) is 6. The van der Waals surface area contributed by atoms with Crippen molar-refractivity contribution in [3.63, 3.8) is 0 Å². The fourth-order valence-corrected chi connectivity index (χ4v) is 4.63. The summed E-state index contributed by atoms with van der Waals surface area (Å²) in [5, 5.41) is 11.2. The third-order valence-electron chi connectivity index (χ3n) is 7.11. The van der Waals surface area contributed by atoms with Crippen molar-refractivity contribution in [3.05, 3.63) is 59.3 Å². The number of halogens is 2. The third-order valence-corrected chi connectivity index (χ3v) is 7.11. The van der Waals surface area contributed by atoms with Crippen LogP contribution < -0.4 is 10.2 Å². The fraction of sp³-hybridized carbons (Fsp3) is 0.407. The number of fused-ring (bicyclic) bond motifs is 1. The van der Waals surface area contributed by atoms with E-state index in [4.69, 9.17) is 4.74 Å². The summed E-state index contributed by atoms with van der Waals surface area (Å²) in [5.41, 5.74) is 5.05. The van der Waals surface area contributed by atoms with E-state index in [-0.39, 0.29) is 16.9 Å². The molecule has 1 aliphatic heterocycles. The number of pyridine rings is 1. The maximum Gasteiger partial charge on any atom is 0.222 e. The topological polar surface area (TPSA) is 89.6 Å². The first-order valence-corrected chi connectivity index (χ1v) is 12.6. The van der Waals surface area contributed by atoms with E-state index in [0.717, 1.165) is 59.8 Å². The smallest absolute Gasteiger partial charge is 0.222 e. The van der Waals surface area contributed by atoms with E-state index in [1.807, 2.05) is 37.5 Å². The molecule has 11 heteroatoms. The number of benzene rings is 1. The molecule has 200 valence electrons. The molecule has 1 saturated heterocycles. The minimum Gasteiger partial charge on any atom is -0.386 e. The van der Waals surface area contributed by atoms with Gasteiger partial charge < -0.3 is 15.0 Å². The van der Waals surface area contributed by atoms with E-state index >= 15 is 0 Å². The lowest BCUT2D eigenvalue weighted by Gasteiger charge is -2.29. The number of carbonyl (C=O) groups excluding carboxylic acids is 1. The van der Waals surface area contributed by atoms with E-state index < -0.39 is 5.95 Å². The van der Waals surface area contributed by atoms with Crippen molar-refractivity contribution in [3.8, 4) is 11.1 Å². The molecule has 0 unspecified atom stereocenters. The van der Waals surface area contributed by atoms with Gasteiger partial charge in [0.25, 0.3) is 0 Å². The number of hydrogen-bond donors (Lipinski definition) is 1.